The zero-order valence-electron chi connectivity index (χ0n) is 24.9. The van der Waals surface area contributed by atoms with Crippen LogP contribution in [0.3, 0.4) is 0 Å². The van der Waals surface area contributed by atoms with E-state index in [1.807, 2.05) is 60.7 Å². The summed E-state index contributed by atoms with van der Waals surface area (Å²) in [6.45, 7) is 0.652. The molecule has 6 N–H and O–H groups in total. The SMILES string of the molecule is CN(C)C(=O)NCc1ccc(CNC(=O)C(CCc2ccnc(N)c2)NC(=O)C(c2ccccc2)c2ccc(O)cc2)cc1. The molecule has 0 aliphatic heterocycles. The van der Waals surface area contributed by atoms with E-state index < -0.39 is 12.0 Å². The van der Waals surface area contributed by atoms with Crippen LogP contribution in [-0.4, -0.2) is 53.0 Å². The van der Waals surface area contributed by atoms with E-state index in [9.17, 15) is 19.5 Å². The van der Waals surface area contributed by atoms with Gasteiger partial charge >= 0.3 is 6.03 Å². The van der Waals surface area contributed by atoms with Gasteiger partial charge in [-0.1, -0.05) is 66.7 Å². The van der Waals surface area contributed by atoms with Crippen molar-refractivity contribution in [3.63, 3.8) is 0 Å². The van der Waals surface area contributed by atoms with Crippen molar-refractivity contribution in [2.24, 2.45) is 0 Å². The molecule has 10 heteroatoms. The Kier molecular flexibility index (Phi) is 10.9. The summed E-state index contributed by atoms with van der Waals surface area (Å²) < 4.78 is 0. The van der Waals surface area contributed by atoms with Gasteiger partial charge in [-0.15, -0.1) is 0 Å². The zero-order chi connectivity index (χ0) is 31.5. The molecule has 10 nitrogen and oxygen atoms in total. The number of rotatable bonds is 12. The topological polar surface area (TPSA) is 150 Å². The summed E-state index contributed by atoms with van der Waals surface area (Å²) in [5.41, 5.74) is 10.0. The number of hydrogen-bond donors (Lipinski definition) is 5. The molecule has 0 saturated carbocycles. The maximum absolute atomic E-state index is 13.9. The van der Waals surface area contributed by atoms with Gasteiger partial charge in [0.25, 0.3) is 0 Å². The van der Waals surface area contributed by atoms with Crippen LogP contribution in [0.15, 0.2) is 97.2 Å². The van der Waals surface area contributed by atoms with Gasteiger partial charge in [-0.2, -0.15) is 0 Å². The molecule has 0 aliphatic carbocycles. The van der Waals surface area contributed by atoms with Gasteiger partial charge in [0.05, 0.1) is 5.92 Å². The van der Waals surface area contributed by atoms with Crippen LogP contribution in [0.25, 0.3) is 0 Å². The summed E-state index contributed by atoms with van der Waals surface area (Å²) in [6, 6.07) is 25.9. The number of pyridine rings is 1. The van der Waals surface area contributed by atoms with E-state index in [1.54, 1.807) is 38.5 Å². The van der Waals surface area contributed by atoms with Crippen molar-refractivity contribution in [2.75, 3.05) is 19.8 Å². The molecule has 4 amide bonds. The number of carbonyl (C=O) groups is 3. The monoisotopic (exact) mass is 594 g/mol. The number of phenols is 1. The molecule has 0 bridgehead atoms. The van der Waals surface area contributed by atoms with E-state index in [2.05, 4.69) is 20.9 Å². The molecule has 4 rings (SSSR count). The number of hydrogen-bond acceptors (Lipinski definition) is 6. The fourth-order valence-electron chi connectivity index (χ4n) is 4.72. The highest BCUT2D eigenvalue weighted by molar-refractivity contribution is 5.92. The van der Waals surface area contributed by atoms with Gasteiger partial charge < -0.3 is 31.7 Å². The van der Waals surface area contributed by atoms with Gasteiger partial charge in [0.1, 0.15) is 17.6 Å². The number of phenolic OH excluding ortho intramolecular Hbond substituents is 1. The van der Waals surface area contributed by atoms with Gasteiger partial charge in [0.2, 0.25) is 11.8 Å². The van der Waals surface area contributed by atoms with E-state index >= 15 is 0 Å². The number of nitrogens with zero attached hydrogens (tertiary/aromatic N) is 2. The molecule has 0 radical (unpaired) electrons. The number of nitrogens with two attached hydrogens (primary N) is 1. The maximum Gasteiger partial charge on any atom is 0.317 e. The molecule has 1 heterocycles. The summed E-state index contributed by atoms with van der Waals surface area (Å²) in [4.78, 5) is 44.7. The number of aromatic nitrogens is 1. The van der Waals surface area contributed by atoms with Crippen molar-refractivity contribution < 1.29 is 19.5 Å². The molecular weight excluding hydrogens is 556 g/mol. The highest BCUT2D eigenvalue weighted by Crippen LogP contribution is 2.27. The second-order valence-corrected chi connectivity index (χ2v) is 10.7. The lowest BCUT2D eigenvalue weighted by atomic mass is 9.90. The number of nitrogens with one attached hydrogen (secondary N) is 3. The fourth-order valence-corrected chi connectivity index (χ4v) is 4.72. The van der Waals surface area contributed by atoms with Crippen molar-refractivity contribution in [2.45, 2.75) is 37.9 Å². The quantitative estimate of drug-likeness (QED) is 0.169. The predicted molar refractivity (Wildman–Crippen MR) is 170 cm³/mol. The molecule has 4 aromatic rings. The Morgan fingerprint density at radius 1 is 0.795 bits per heavy atom. The predicted octanol–water partition coefficient (Wildman–Crippen LogP) is 3.71. The first-order valence-corrected chi connectivity index (χ1v) is 14.3. The molecule has 44 heavy (non-hydrogen) atoms. The van der Waals surface area contributed by atoms with Crippen molar-refractivity contribution in [1.82, 2.24) is 25.8 Å². The Hall–Kier alpha value is -5.38. The third kappa shape index (κ3) is 9.06. The lowest BCUT2D eigenvalue weighted by Gasteiger charge is -2.23. The molecule has 2 atom stereocenters. The standard InChI is InChI=1S/C34H38N6O4/c1-40(2)34(44)38-22-25-10-8-24(9-11-25)21-37-32(42)29(17-12-23-18-19-36-30(35)20-23)39-33(43)31(26-6-4-3-5-7-26)27-13-15-28(41)16-14-27/h3-11,13-16,18-20,29,31,41H,12,17,21-22H2,1-2H3,(H2,35,36)(H,37,42)(H,38,44)(H,39,43). The third-order valence-corrected chi connectivity index (χ3v) is 7.16. The van der Waals surface area contributed by atoms with Crippen LogP contribution in [0.1, 0.15) is 40.2 Å². The second kappa shape index (κ2) is 15.2. The number of aryl methyl sites for hydroxylation is 1. The zero-order valence-corrected chi connectivity index (χ0v) is 24.9. The minimum atomic E-state index is -0.833. The number of nitrogen functional groups attached to an aromatic ring is 1. The summed E-state index contributed by atoms with van der Waals surface area (Å²) in [6.07, 6.45) is 2.44. The lowest BCUT2D eigenvalue weighted by molar-refractivity contribution is -0.129. The van der Waals surface area contributed by atoms with Crippen molar-refractivity contribution in [1.29, 1.82) is 0 Å². The van der Waals surface area contributed by atoms with Crippen molar-refractivity contribution in [3.8, 4) is 5.75 Å². The molecule has 0 saturated heterocycles. The molecule has 1 aromatic heterocycles. The fraction of sp³-hybridized carbons (Fsp3) is 0.235. The van der Waals surface area contributed by atoms with E-state index in [-0.39, 0.29) is 30.1 Å². The van der Waals surface area contributed by atoms with E-state index in [4.69, 9.17) is 5.73 Å². The number of anilines is 1. The van der Waals surface area contributed by atoms with E-state index in [0.717, 1.165) is 22.3 Å². The van der Waals surface area contributed by atoms with Gasteiger partial charge in [-0.05, 0) is 64.9 Å². The molecule has 0 spiro atoms. The summed E-state index contributed by atoms with van der Waals surface area (Å²) in [7, 11) is 3.36. The van der Waals surface area contributed by atoms with Crippen LogP contribution >= 0.6 is 0 Å². The van der Waals surface area contributed by atoms with Gasteiger partial charge in [0, 0.05) is 33.4 Å². The van der Waals surface area contributed by atoms with Crippen molar-refractivity contribution >= 4 is 23.7 Å². The Morgan fingerprint density at radius 2 is 1.41 bits per heavy atom. The number of amides is 4. The number of carbonyl (C=O) groups excluding carboxylic acids is 3. The molecule has 228 valence electrons. The average Bonchev–Trinajstić information content (AvgIpc) is 3.02. The maximum atomic E-state index is 13.9. The third-order valence-electron chi connectivity index (χ3n) is 7.16. The Labute approximate surface area is 257 Å². The first-order chi connectivity index (χ1) is 21.2. The highest BCUT2D eigenvalue weighted by atomic mass is 16.3. The van der Waals surface area contributed by atoms with Crippen LogP contribution in [0.5, 0.6) is 5.75 Å². The number of benzene rings is 3. The van der Waals surface area contributed by atoms with Crippen molar-refractivity contribution in [3.05, 3.63) is 125 Å². The summed E-state index contributed by atoms with van der Waals surface area (Å²) >= 11 is 0. The Balaban J connectivity index is 1.48. The van der Waals surface area contributed by atoms with E-state index in [0.29, 0.717) is 30.8 Å². The normalized spacial score (nSPS) is 12.0. The van der Waals surface area contributed by atoms with Gasteiger partial charge in [0.15, 0.2) is 0 Å². The van der Waals surface area contributed by atoms with Gasteiger partial charge in [-0.25, -0.2) is 9.78 Å². The summed E-state index contributed by atoms with van der Waals surface area (Å²) in [5, 5.41) is 18.6. The van der Waals surface area contributed by atoms with Crippen LogP contribution < -0.4 is 21.7 Å². The molecule has 2 unspecified atom stereocenters. The van der Waals surface area contributed by atoms with Crippen LogP contribution in [0.4, 0.5) is 10.6 Å². The first kappa shape index (κ1) is 31.6. The minimum Gasteiger partial charge on any atom is -0.508 e. The minimum absolute atomic E-state index is 0.0983. The summed E-state index contributed by atoms with van der Waals surface area (Å²) in [5.74, 6) is -0.861. The molecule has 0 aliphatic rings. The Morgan fingerprint density at radius 3 is 2.02 bits per heavy atom. The molecular formula is C34H38N6O4. The lowest BCUT2D eigenvalue weighted by Crippen LogP contribution is -2.48. The van der Waals surface area contributed by atoms with Crippen LogP contribution in [0.2, 0.25) is 0 Å². The molecule has 3 aromatic carbocycles. The molecule has 0 fully saturated rings. The Bertz CT molecular complexity index is 1540. The van der Waals surface area contributed by atoms with Gasteiger partial charge in [-0.3, -0.25) is 9.59 Å². The second-order valence-electron chi connectivity index (χ2n) is 10.7. The smallest absolute Gasteiger partial charge is 0.317 e. The average molecular weight is 595 g/mol. The highest BCUT2D eigenvalue weighted by Gasteiger charge is 2.28. The number of aromatic hydroxyl groups is 1. The van der Waals surface area contributed by atoms with Crippen LogP contribution in [0, 0.1) is 0 Å². The van der Waals surface area contributed by atoms with Crippen LogP contribution in [-0.2, 0) is 29.1 Å². The largest absolute Gasteiger partial charge is 0.508 e. The first-order valence-electron chi connectivity index (χ1n) is 14.3. The van der Waals surface area contributed by atoms with E-state index in [1.165, 1.54) is 17.0 Å². The number of urea groups is 1.